The van der Waals surface area contributed by atoms with Gasteiger partial charge in [-0.15, -0.1) is 0 Å². The maximum absolute atomic E-state index is 13.5. The SMILES string of the molecule is Nc1cc(F)c(NC2(C(F)(F)F)CC2)cc1C(=O)O. The minimum Gasteiger partial charge on any atom is -0.478 e. The fourth-order valence-electron chi connectivity index (χ4n) is 1.73. The number of nitrogens with one attached hydrogen (secondary N) is 1. The Morgan fingerprint density at radius 3 is 2.37 bits per heavy atom. The van der Waals surface area contributed by atoms with Crippen LogP contribution in [0.2, 0.25) is 0 Å². The second kappa shape index (κ2) is 4.01. The molecule has 0 heterocycles. The molecular weight excluding hydrogens is 268 g/mol. The van der Waals surface area contributed by atoms with Crippen molar-refractivity contribution in [2.24, 2.45) is 0 Å². The number of anilines is 2. The molecule has 0 amide bonds. The third-order valence-electron chi connectivity index (χ3n) is 3.04. The normalized spacial score (nSPS) is 17.1. The molecule has 0 aromatic heterocycles. The highest BCUT2D eigenvalue weighted by atomic mass is 19.4. The molecule has 0 saturated heterocycles. The second-order valence-electron chi connectivity index (χ2n) is 4.43. The van der Waals surface area contributed by atoms with E-state index in [1.165, 1.54) is 0 Å². The van der Waals surface area contributed by atoms with E-state index in [4.69, 9.17) is 10.8 Å². The highest BCUT2D eigenvalue weighted by molar-refractivity contribution is 5.95. The van der Waals surface area contributed by atoms with Crippen molar-refractivity contribution < 1.29 is 27.5 Å². The molecule has 0 radical (unpaired) electrons. The van der Waals surface area contributed by atoms with Crippen molar-refractivity contribution in [1.82, 2.24) is 0 Å². The van der Waals surface area contributed by atoms with E-state index in [2.05, 4.69) is 0 Å². The summed E-state index contributed by atoms with van der Waals surface area (Å²) < 4.78 is 51.7. The third kappa shape index (κ3) is 2.29. The Morgan fingerprint density at radius 2 is 1.95 bits per heavy atom. The van der Waals surface area contributed by atoms with Crippen molar-refractivity contribution in [1.29, 1.82) is 0 Å². The first-order valence-corrected chi connectivity index (χ1v) is 5.33. The summed E-state index contributed by atoms with van der Waals surface area (Å²) in [5.74, 6) is -2.45. The van der Waals surface area contributed by atoms with Crippen LogP contribution in [-0.4, -0.2) is 22.8 Å². The topological polar surface area (TPSA) is 75.3 Å². The number of carboxylic acids is 1. The van der Waals surface area contributed by atoms with Crippen LogP contribution in [0, 0.1) is 5.82 Å². The highest BCUT2D eigenvalue weighted by Gasteiger charge is 2.63. The quantitative estimate of drug-likeness (QED) is 0.587. The average molecular weight is 278 g/mol. The average Bonchev–Trinajstić information content (AvgIpc) is 3.01. The van der Waals surface area contributed by atoms with E-state index in [-0.39, 0.29) is 18.5 Å². The zero-order valence-corrected chi connectivity index (χ0v) is 9.51. The van der Waals surface area contributed by atoms with Crippen LogP contribution in [-0.2, 0) is 0 Å². The minimum atomic E-state index is -4.52. The van der Waals surface area contributed by atoms with Crippen LogP contribution in [0.4, 0.5) is 28.9 Å². The van der Waals surface area contributed by atoms with E-state index < -0.39 is 34.8 Å². The molecule has 4 nitrogen and oxygen atoms in total. The Morgan fingerprint density at radius 1 is 1.37 bits per heavy atom. The van der Waals surface area contributed by atoms with E-state index in [1.807, 2.05) is 5.32 Å². The summed E-state index contributed by atoms with van der Waals surface area (Å²) in [4.78, 5) is 10.8. The number of benzene rings is 1. The third-order valence-corrected chi connectivity index (χ3v) is 3.04. The fraction of sp³-hybridized carbons (Fsp3) is 0.364. The van der Waals surface area contributed by atoms with Gasteiger partial charge in [0, 0.05) is 5.69 Å². The predicted octanol–water partition coefficient (Wildman–Crippen LogP) is 2.61. The lowest BCUT2D eigenvalue weighted by atomic mass is 10.1. The Kier molecular flexibility index (Phi) is 2.83. The number of hydrogen-bond acceptors (Lipinski definition) is 3. The standard InChI is InChI=1S/C11H10F4N2O2/c12-6-4-7(16)5(9(18)19)3-8(6)17-10(1-2-10)11(13,14)15/h3-4,17H,1-2,16H2,(H,18,19). The number of nitrogens with two attached hydrogens (primary N) is 1. The molecule has 104 valence electrons. The van der Waals surface area contributed by atoms with Crippen LogP contribution in [0.5, 0.6) is 0 Å². The summed E-state index contributed by atoms with van der Waals surface area (Å²) in [6.07, 6.45) is -4.88. The number of carbonyl (C=O) groups is 1. The summed E-state index contributed by atoms with van der Waals surface area (Å²) in [6, 6.07) is 1.47. The van der Waals surface area contributed by atoms with Crippen molar-refractivity contribution in [2.75, 3.05) is 11.1 Å². The van der Waals surface area contributed by atoms with E-state index in [9.17, 15) is 22.4 Å². The van der Waals surface area contributed by atoms with E-state index >= 15 is 0 Å². The van der Waals surface area contributed by atoms with Gasteiger partial charge in [-0.2, -0.15) is 13.2 Å². The van der Waals surface area contributed by atoms with E-state index in [0.29, 0.717) is 6.07 Å². The summed E-state index contributed by atoms with van der Waals surface area (Å²) in [5, 5.41) is 10.8. The number of nitrogen functional groups attached to an aromatic ring is 1. The van der Waals surface area contributed by atoms with Gasteiger partial charge in [-0.3, -0.25) is 0 Å². The molecule has 4 N–H and O–H groups in total. The lowest BCUT2D eigenvalue weighted by Gasteiger charge is -2.22. The lowest BCUT2D eigenvalue weighted by molar-refractivity contribution is -0.151. The monoisotopic (exact) mass is 278 g/mol. The molecular formula is C11H10F4N2O2. The molecule has 0 unspecified atom stereocenters. The van der Waals surface area contributed by atoms with Gasteiger partial charge in [-0.1, -0.05) is 0 Å². The molecule has 1 aliphatic rings. The minimum absolute atomic E-state index is 0.178. The maximum atomic E-state index is 13.5. The van der Waals surface area contributed by atoms with Gasteiger partial charge in [-0.25, -0.2) is 9.18 Å². The Bertz CT molecular complexity index is 538. The zero-order chi connectivity index (χ0) is 14.4. The molecule has 19 heavy (non-hydrogen) atoms. The highest BCUT2D eigenvalue weighted by Crippen LogP contribution is 2.51. The molecule has 1 aliphatic carbocycles. The van der Waals surface area contributed by atoms with Gasteiger partial charge in [0.2, 0.25) is 0 Å². The van der Waals surface area contributed by atoms with Crippen LogP contribution < -0.4 is 11.1 Å². The molecule has 1 aromatic carbocycles. The first-order valence-electron chi connectivity index (χ1n) is 5.33. The number of aromatic carboxylic acids is 1. The van der Waals surface area contributed by atoms with Crippen molar-refractivity contribution in [2.45, 2.75) is 24.6 Å². The van der Waals surface area contributed by atoms with Gasteiger partial charge < -0.3 is 16.2 Å². The molecule has 8 heteroatoms. The molecule has 1 fully saturated rings. The van der Waals surface area contributed by atoms with Crippen molar-refractivity contribution in [3.05, 3.63) is 23.5 Å². The van der Waals surface area contributed by atoms with Crippen LogP contribution >= 0.6 is 0 Å². The molecule has 0 atom stereocenters. The van der Waals surface area contributed by atoms with Gasteiger partial charge >= 0.3 is 12.1 Å². The predicted molar refractivity (Wildman–Crippen MR) is 59.4 cm³/mol. The number of hydrogen-bond donors (Lipinski definition) is 3. The molecule has 2 rings (SSSR count). The van der Waals surface area contributed by atoms with E-state index in [0.717, 1.165) is 6.07 Å². The lowest BCUT2D eigenvalue weighted by Crippen LogP contribution is -2.39. The Hall–Kier alpha value is -1.99. The summed E-state index contributed by atoms with van der Waals surface area (Å²) in [5.41, 5.74) is 1.82. The van der Waals surface area contributed by atoms with Crippen LogP contribution in [0.15, 0.2) is 12.1 Å². The van der Waals surface area contributed by atoms with Crippen molar-refractivity contribution >= 4 is 17.3 Å². The Balaban J connectivity index is 2.36. The smallest absolute Gasteiger partial charge is 0.411 e. The molecule has 0 bridgehead atoms. The number of carboxylic acid groups (broad SMARTS) is 1. The largest absolute Gasteiger partial charge is 0.478 e. The Labute approximate surface area is 105 Å². The van der Waals surface area contributed by atoms with Gasteiger partial charge in [0.1, 0.15) is 11.4 Å². The maximum Gasteiger partial charge on any atom is 0.411 e. The van der Waals surface area contributed by atoms with Gasteiger partial charge in [0.25, 0.3) is 0 Å². The second-order valence-corrected chi connectivity index (χ2v) is 4.43. The van der Waals surface area contributed by atoms with Gasteiger partial charge in [0.15, 0.2) is 0 Å². The van der Waals surface area contributed by atoms with Crippen LogP contribution in [0.1, 0.15) is 23.2 Å². The van der Waals surface area contributed by atoms with E-state index in [1.54, 1.807) is 0 Å². The summed E-state index contributed by atoms with van der Waals surface area (Å²) in [7, 11) is 0. The summed E-state index contributed by atoms with van der Waals surface area (Å²) in [6.45, 7) is 0. The van der Waals surface area contributed by atoms with Gasteiger partial charge in [0.05, 0.1) is 11.3 Å². The molecule has 0 spiro atoms. The van der Waals surface area contributed by atoms with Gasteiger partial charge in [-0.05, 0) is 25.0 Å². The zero-order valence-electron chi connectivity index (χ0n) is 9.51. The fourth-order valence-corrected chi connectivity index (χ4v) is 1.73. The number of halogens is 4. The number of alkyl halides is 3. The van der Waals surface area contributed by atoms with Crippen molar-refractivity contribution in [3.63, 3.8) is 0 Å². The van der Waals surface area contributed by atoms with Crippen LogP contribution in [0.25, 0.3) is 0 Å². The molecule has 1 aromatic rings. The first-order chi connectivity index (χ1) is 8.66. The number of rotatable bonds is 3. The first kappa shape index (κ1) is 13.4. The molecule has 1 saturated carbocycles. The van der Waals surface area contributed by atoms with Crippen LogP contribution in [0.3, 0.4) is 0 Å². The van der Waals surface area contributed by atoms with Crippen molar-refractivity contribution in [3.8, 4) is 0 Å². The summed E-state index contributed by atoms with van der Waals surface area (Å²) >= 11 is 0. The molecule has 0 aliphatic heterocycles.